The van der Waals surface area contributed by atoms with Crippen LogP contribution in [-0.2, 0) is 0 Å². The molecule has 0 amide bonds. The number of benzene rings is 1. The van der Waals surface area contributed by atoms with Crippen LogP contribution in [0.2, 0.25) is 0 Å². The SMILES string of the molecule is CCC1(CC)C(NC)CC1Oc1c(Br)cccc1[N+](=O)[O-]. The Labute approximate surface area is 133 Å². The number of nitro groups is 1. The maximum absolute atomic E-state index is 11.2. The van der Waals surface area contributed by atoms with Crippen molar-refractivity contribution in [2.75, 3.05) is 7.05 Å². The van der Waals surface area contributed by atoms with Gasteiger partial charge in [0.05, 0.1) is 9.40 Å². The second kappa shape index (κ2) is 6.32. The van der Waals surface area contributed by atoms with Crippen molar-refractivity contribution in [2.45, 2.75) is 45.3 Å². The van der Waals surface area contributed by atoms with E-state index < -0.39 is 4.92 Å². The molecule has 21 heavy (non-hydrogen) atoms. The van der Waals surface area contributed by atoms with Gasteiger partial charge in [0.15, 0.2) is 0 Å². The van der Waals surface area contributed by atoms with Crippen LogP contribution < -0.4 is 10.1 Å². The lowest BCUT2D eigenvalue weighted by Crippen LogP contribution is -2.63. The van der Waals surface area contributed by atoms with Gasteiger partial charge in [-0.2, -0.15) is 0 Å². The van der Waals surface area contributed by atoms with Crippen LogP contribution in [0.4, 0.5) is 5.69 Å². The minimum atomic E-state index is -0.395. The Balaban J connectivity index is 2.29. The van der Waals surface area contributed by atoms with Crippen molar-refractivity contribution in [3.8, 4) is 5.75 Å². The summed E-state index contributed by atoms with van der Waals surface area (Å²) in [5.41, 5.74) is 0.0520. The van der Waals surface area contributed by atoms with Gasteiger partial charge in [-0.1, -0.05) is 19.9 Å². The lowest BCUT2D eigenvalue weighted by molar-refractivity contribution is -0.386. The number of para-hydroxylation sites is 1. The highest BCUT2D eigenvalue weighted by atomic mass is 79.9. The molecule has 2 atom stereocenters. The number of hydrogen-bond acceptors (Lipinski definition) is 4. The van der Waals surface area contributed by atoms with E-state index >= 15 is 0 Å². The number of nitrogens with one attached hydrogen (secondary N) is 1. The van der Waals surface area contributed by atoms with Gasteiger partial charge in [0, 0.05) is 23.9 Å². The maximum atomic E-state index is 11.2. The Morgan fingerprint density at radius 2 is 2.14 bits per heavy atom. The van der Waals surface area contributed by atoms with Gasteiger partial charge in [-0.15, -0.1) is 0 Å². The first-order chi connectivity index (χ1) is 10.00. The highest BCUT2D eigenvalue weighted by Crippen LogP contribution is 2.50. The predicted molar refractivity (Wildman–Crippen MR) is 85.7 cm³/mol. The molecule has 0 radical (unpaired) electrons. The number of halogens is 1. The van der Waals surface area contributed by atoms with Gasteiger partial charge in [-0.25, -0.2) is 0 Å². The van der Waals surface area contributed by atoms with Gasteiger partial charge >= 0.3 is 5.69 Å². The number of rotatable bonds is 6. The van der Waals surface area contributed by atoms with Crippen LogP contribution in [0.25, 0.3) is 0 Å². The zero-order valence-corrected chi connectivity index (χ0v) is 14.1. The highest BCUT2D eigenvalue weighted by molar-refractivity contribution is 9.10. The van der Waals surface area contributed by atoms with Crippen molar-refractivity contribution in [1.82, 2.24) is 5.32 Å². The first-order valence-electron chi connectivity index (χ1n) is 7.27. The van der Waals surface area contributed by atoms with E-state index in [1.165, 1.54) is 6.07 Å². The standard InChI is InChI=1S/C15H21BrN2O3/c1-4-15(5-2)12(17-3)9-13(15)21-14-10(16)7-6-8-11(14)18(19)20/h6-8,12-13,17H,4-5,9H2,1-3H3. The third kappa shape index (κ3) is 2.66. The molecule has 0 heterocycles. The second-order valence-corrected chi connectivity index (χ2v) is 6.32. The van der Waals surface area contributed by atoms with Gasteiger partial charge in [-0.3, -0.25) is 10.1 Å². The first-order valence-corrected chi connectivity index (χ1v) is 8.06. The van der Waals surface area contributed by atoms with Crippen molar-refractivity contribution in [1.29, 1.82) is 0 Å². The summed E-state index contributed by atoms with van der Waals surface area (Å²) in [4.78, 5) is 10.8. The van der Waals surface area contributed by atoms with Crippen LogP contribution in [0, 0.1) is 15.5 Å². The summed E-state index contributed by atoms with van der Waals surface area (Å²) in [6, 6.07) is 5.31. The Bertz CT molecular complexity index is 532. The molecule has 1 fully saturated rings. The fourth-order valence-corrected chi connectivity index (χ4v) is 3.87. The lowest BCUT2D eigenvalue weighted by atomic mass is 9.58. The monoisotopic (exact) mass is 356 g/mol. The van der Waals surface area contributed by atoms with Crippen LogP contribution >= 0.6 is 15.9 Å². The Morgan fingerprint density at radius 1 is 1.48 bits per heavy atom. The van der Waals surface area contributed by atoms with Crippen LogP contribution in [0.1, 0.15) is 33.1 Å². The fraction of sp³-hybridized carbons (Fsp3) is 0.600. The minimum Gasteiger partial charge on any atom is -0.482 e. The first kappa shape index (κ1) is 16.2. The van der Waals surface area contributed by atoms with Crippen molar-refractivity contribution in [2.24, 2.45) is 5.41 Å². The van der Waals surface area contributed by atoms with Gasteiger partial charge in [-0.05, 0) is 41.9 Å². The molecule has 5 nitrogen and oxygen atoms in total. The summed E-state index contributed by atoms with van der Waals surface area (Å²) >= 11 is 3.37. The normalized spacial score (nSPS) is 23.4. The zero-order valence-electron chi connectivity index (χ0n) is 12.6. The largest absolute Gasteiger partial charge is 0.482 e. The molecule has 0 aromatic heterocycles. The van der Waals surface area contributed by atoms with Gasteiger partial charge in [0.2, 0.25) is 5.75 Å². The van der Waals surface area contributed by atoms with Crippen LogP contribution in [0.5, 0.6) is 5.75 Å². The van der Waals surface area contributed by atoms with Crippen LogP contribution in [0.3, 0.4) is 0 Å². The van der Waals surface area contributed by atoms with Gasteiger partial charge < -0.3 is 10.1 Å². The Hall–Kier alpha value is -1.14. The van der Waals surface area contributed by atoms with Crippen molar-refractivity contribution < 1.29 is 9.66 Å². The quantitative estimate of drug-likeness (QED) is 0.619. The maximum Gasteiger partial charge on any atom is 0.312 e. The topological polar surface area (TPSA) is 64.4 Å². The zero-order chi connectivity index (χ0) is 15.6. The summed E-state index contributed by atoms with van der Waals surface area (Å²) in [7, 11) is 1.96. The molecule has 116 valence electrons. The summed E-state index contributed by atoms with van der Waals surface area (Å²) in [6.45, 7) is 4.30. The number of ether oxygens (including phenoxy) is 1. The molecule has 1 saturated carbocycles. The Morgan fingerprint density at radius 3 is 2.67 bits per heavy atom. The molecular formula is C15H21BrN2O3. The van der Waals surface area contributed by atoms with E-state index in [-0.39, 0.29) is 17.2 Å². The Kier molecular flexibility index (Phi) is 4.88. The molecule has 1 aromatic rings. The molecule has 1 N–H and O–H groups in total. The molecule has 0 saturated heterocycles. The molecule has 0 aliphatic heterocycles. The van der Waals surface area contributed by atoms with Gasteiger partial charge in [0.1, 0.15) is 6.10 Å². The van der Waals surface area contributed by atoms with Crippen LogP contribution in [-0.4, -0.2) is 24.1 Å². The highest BCUT2D eigenvalue weighted by Gasteiger charge is 2.54. The number of hydrogen-bond donors (Lipinski definition) is 1. The lowest BCUT2D eigenvalue weighted by Gasteiger charge is -2.55. The van der Waals surface area contributed by atoms with E-state index in [0.717, 1.165) is 19.3 Å². The molecule has 1 aromatic carbocycles. The predicted octanol–water partition coefficient (Wildman–Crippen LogP) is 3.90. The molecule has 1 aliphatic rings. The third-order valence-corrected chi connectivity index (χ3v) is 5.48. The van der Waals surface area contributed by atoms with E-state index in [9.17, 15) is 10.1 Å². The second-order valence-electron chi connectivity index (χ2n) is 5.47. The van der Waals surface area contributed by atoms with E-state index in [0.29, 0.717) is 16.3 Å². The van der Waals surface area contributed by atoms with Gasteiger partial charge in [0.25, 0.3) is 0 Å². The summed E-state index contributed by atoms with van der Waals surface area (Å²) in [5.74, 6) is 0.341. The average Bonchev–Trinajstić information content (AvgIpc) is 2.45. The third-order valence-electron chi connectivity index (χ3n) is 4.85. The fourth-order valence-electron chi connectivity index (χ4n) is 3.42. The number of nitro benzene ring substituents is 1. The van der Waals surface area contributed by atoms with E-state index in [4.69, 9.17) is 4.74 Å². The molecule has 6 heteroatoms. The van der Waals surface area contributed by atoms with E-state index in [1.807, 2.05) is 7.05 Å². The average molecular weight is 357 g/mol. The van der Waals surface area contributed by atoms with E-state index in [1.54, 1.807) is 12.1 Å². The smallest absolute Gasteiger partial charge is 0.312 e. The molecule has 2 unspecified atom stereocenters. The molecule has 1 aliphatic carbocycles. The minimum absolute atomic E-state index is 0.00218. The summed E-state index contributed by atoms with van der Waals surface area (Å²) < 4.78 is 6.71. The van der Waals surface area contributed by atoms with Crippen molar-refractivity contribution >= 4 is 21.6 Å². The summed E-state index contributed by atoms with van der Waals surface area (Å²) in [5, 5.41) is 14.5. The molecular weight excluding hydrogens is 336 g/mol. The number of nitrogens with zero attached hydrogens (tertiary/aromatic N) is 1. The van der Waals surface area contributed by atoms with E-state index in [2.05, 4.69) is 35.1 Å². The van der Waals surface area contributed by atoms with Crippen molar-refractivity contribution in [3.63, 3.8) is 0 Å². The van der Waals surface area contributed by atoms with Crippen LogP contribution in [0.15, 0.2) is 22.7 Å². The molecule has 2 rings (SSSR count). The summed E-state index contributed by atoms with van der Waals surface area (Å²) in [6.07, 6.45) is 2.84. The molecule has 0 bridgehead atoms. The van der Waals surface area contributed by atoms with Crippen molar-refractivity contribution in [3.05, 3.63) is 32.8 Å². The molecule has 0 spiro atoms.